The van der Waals surface area contributed by atoms with E-state index in [1.165, 1.54) is 40.6 Å². The van der Waals surface area contributed by atoms with Gasteiger partial charge in [0.2, 0.25) is 0 Å². The van der Waals surface area contributed by atoms with Gasteiger partial charge in [0.15, 0.2) is 0 Å². The lowest BCUT2D eigenvalue weighted by Gasteiger charge is -2.33. The molecule has 0 aliphatic carbocycles. The van der Waals surface area contributed by atoms with Gasteiger partial charge in [0.1, 0.15) is 12.0 Å². The summed E-state index contributed by atoms with van der Waals surface area (Å²) in [7, 11) is 1.66. The number of aromatic nitrogens is 3. The Morgan fingerprint density at radius 3 is 2.61 bits per heavy atom. The largest absolute Gasteiger partial charge is 0.354 e. The number of carbonyl (C=O) groups excluding carboxylic acids is 1. The molecule has 0 saturated carbocycles. The van der Waals surface area contributed by atoms with E-state index in [9.17, 15) is 4.79 Å². The molecule has 1 saturated heterocycles. The van der Waals surface area contributed by atoms with Crippen molar-refractivity contribution in [1.29, 1.82) is 0 Å². The summed E-state index contributed by atoms with van der Waals surface area (Å²) >= 11 is 0. The van der Waals surface area contributed by atoms with Crippen LogP contribution in [-0.4, -0.2) is 52.0 Å². The predicted molar refractivity (Wildman–Crippen MR) is 157 cm³/mol. The summed E-state index contributed by atoms with van der Waals surface area (Å²) in [6.07, 6.45) is 7.05. The molecular formula is C30H35Cl2N5O. The molecule has 1 N–H and O–H groups in total. The monoisotopic (exact) mass is 551 g/mol. The van der Waals surface area contributed by atoms with Gasteiger partial charge in [0, 0.05) is 24.7 Å². The van der Waals surface area contributed by atoms with E-state index in [4.69, 9.17) is 4.98 Å². The molecule has 0 unspecified atom stereocenters. The number of benzene rings is 2. The van der Waals surface area contributed by atoms with E-state index in [0.29, 0.717) is 11.6 Å². The number of likely N-dealkylation sites (tertiary alicyclic amines) is 1. The first-order valence-corrected chi connectivity index (χ1v) is 13.1. The molecule has 2 aliphatic rings. The van der Waals surface area contributed by atoms with Crippen molar-refractivity contribution in [2.24, 2.45) is 0 Å². The van der Waals surface area contributed by atoms with Gasteiger partial charge in [-0.2, -0.15) is 0 Å². The number of halogens is 2. The summed E-state index contributed by atoms with van der Waals surface area (Å²) in [4.78, 5) is 24.0. The van der Waals surface area contributed by atoms with Gasteiger partial charge >= 0.3 is 0 Å². The van der Waals surface area contributed by atoms with E-state index in [0.717, 1.165) is 55.8 Å². The number of rotatable bonds is 5. The van der Waals surface area contributed by atoms with E-state index < -0.39 is 0 Å². The Morgan fingerprint density at radius 2 is 1.82 bits per heavy atom. The summed E-state index contributed by atoms with van der Waals surface area (Å²) in [5.41, 5.74) is 9.22. The first-order chi connectivity index (χ1) is 17.6. The lowest BCUT2D eigenvalue weighted by molar-refractivity contribution is 0.0957. The molecule has 6 nitrogen and oxygen atoms in total. The number of nitrogens with zero attached hydrogens (tertiary/aromatic N) is 4. The molecule has 6 rings (SSSR count). The smallest absolute Gasteiger partial charge is 0.271 e. The highest BCUT2D eigenvalue weighted by Crippen LogP contribution is 2.33. The van der Waals surface area contributed by atoms with Crippen LogP contribution >= 0.6 is 24.8 Å². The zero-order valence-electron chi connectivity index (χ0n) is 21.9. The van der Waals surface area contributed by atoms with Crippen molar-refractivity contribution in [2.75, 3.05) is 26.7 Å². The summed E-state index contributed by atoms with van der Waals surface area (Å²) < 4.78 is 2.11. The molecule has 200 valence electrons. The van der Waals surface area contributed by atoms with Crippen LogP contribution < -0.4 is 5.32 Å². The number of carbonyl (C=O) groups is 1. The van der Waals surface area contributed by atoms with Crippen molar-refractivity contribution in [1.82, 2.24) is 24.8 Å². The normalized spacial score (nSPS) is 15.2. The Labute approximate surface area is 236 Å². The summed E-state index contributed by atoms with van der Waals surface area (Å²) in [6.45, 7) is 5.41. The summed E-state index contributed by atoms with van der Waals surface area (Å²) in [5.74, 6) is 0.495. The van der Waals surface area contributed by atoms with Crippen LogP contribution in [0.25, 0.3) is 16.6 Å². The highest BCUT2D eigenvalue weighted by atomic mass is 35.5. The number of amides is 1. The Balaban J connectivity index is 0.00000168. The SMILES string of the molecule is CNC(=O)c1ncn2c1CCc1c(CCN3CCC(c4cccc5nc(C)ccc45)CC3)cccc1-2.Cl.Cl. The second-order valence-corrected chi connectivity index (χ2v) is 10.1. The van der Waals surface area contributed by atoms with Crippen molar-refractivity contribution in [2.45, 2.75) is 44.9 Å². The molecule has 0 atom stereocenters. The summed E-state index contributed by atoms with van der Waals surface area (Å²) in [5, 5.41) is 4.03. The molecule has 4 heterocycles. The van der Waals surface area contributed by atoms with E-state index in [1.807, 2.05) is 0 Å². The second-order valence-electron chi connectivity index (χ2n) is 10.1. The number of aryl methyl sites for hydroxylation is 1. The molecular weight excluding hydrogens is 517 g/mol. The lowest BCUT2D eigenvalue weighted by atomic mass is 9.87. The first kappa shape index (κ1) is 28.1. The highest BCUT2D eigenvalue weighted by molar-refractivity contribution is 5.93. The third-order valence-corrected chi connectivity index (χ3v) is 8.06. The van der Waals surface area contributed by atoms with Crippen LogP contribution in [0.15, 0.2) is 54.9 Å². The Kier molecular flexibility index (Phi) is 8.76. The van der Waals surface area contributed by atoms with Crippen LogP contribution in [0.4, 0.5) is 0 Å². The van der Waals surface area contributed by atoms with Crippen molar-refractivity contribution >= 4 is 41.6 Å². The average molecular weight is 553 g/mol. The molecule has 0 bridgehead atoms. The Hall–Kier alpha value is -2.93. The predicted octanol–water partition coefficient (Wildman–Crippen LogP) is 5.45. The maximum Gasteiger partial charge on any atom is 0.271 e. The molecule has 2 aliphatic heterocycles. The van der Waals surface area contributed by atoms with Crippen LogP contribution in [-0.2, 0) is 19.3 Å². The number of pyridine rings is 1. The zero-order chi connectivity index (χ0) is 24.6. The van der Waals surface area contributed by atoms with Crippen LogP contribution in [0.1, 0.15) is 57.3 Å². The zero-order valence-corrected chi connectivity index (χ0v) is 23.6. The highest BCUT2D eigenvalue weighted by Gasteiger charge is 2.25. The molecule has 2 aromatic carbocycles. The van der Waals surface area contributed by atoms with Gasteiger partial charge in [0.05, 0.1) is 16.9 Å². The van der Waals surface area contributed by atoms with Gasteiger partial charge < -0.3 is 14.8 Å². The Morgan fingerprint density at radius 1 is 1.03 bits per heavy atom. The Bertz CT molecular complexity index is 1440. The fraction of sp³-hybridized carbons (Fsp3) is 0.367. The van der Waals surface area contributed by atoms with E-state index >= 15 is 0 Å². The minimum atomic E-state index is -0.110. The lowest BCUT2D eigenvalue weighted by Crippen LogP contribution is -2.34. The molecule has 2 aromatic heterocycles. The molecule has 8 heteroatoms. The third kappa shape index (κ3) is 5.18. The van der Waals surface area contributed by atoms with Crippen LogP contribution in [0.2, 0.25) is 0 Å². The topological polar surface area (TPSA) is 63.1 Å². The van der Waals surface area contributed by atoms with Crippen LogP contribution in [0.3, 0.4) is 0 Å². The first-order valence-electron chi connectivity index (χ1n) is 13.1. The molecule has 4 aromatic rings. The molecule has 38 heavy (non-hydrogen) atoms. The minimum absolute atomic E-state index is 0. The maximum atomic E-state index is 12.2. The van der Waals surface area contributed by atoms with Crippen LogP contribution in [0, 0.1) is 6.92 Å². The maximum absolute atomic E-state index is 12.2. The van der Waals surface area contributed by atoms with Crippen LogP contribution in [0.5, 0.6) is 0 Å². The fourth-order valence-corrected chi connectivity index (χ4v) is 6.12. The fourth-order valence-electron chi connectivity index (χ4n) is 6.12. The third-order valence-electron chi connectivity index (χ3n) is 8.06. The molecule has 1 amide bonds. The molecule has 0 spiro atoms. The van der Waals surface area contributed by atoms with Crippen molar-refractivity contribution < 1.29 is 4.79 Å². The summed E-state index contributed by atoms with van der Waals surface area (Å²) in [6, 6.07) is 17.6. The van der Waals surface area contributed by atoms with Crippen molar-refractivity contribution in [3.63, 3.8) is 0 Å². The second kappa shape index (κ2) is 11.9. The van der Waals surface area contributed by atoms with Gasteiger partial charge in [-0.15, -0.1) is 24.8 Å². The minimum Gasteiger partial charge on any atom is -0.354 e. The number of hydrogen-bond donors (Lipinski definition) is 1. The number of piperidine rings is 1. The van der Waals surface area contributed by atoms with Gasteiger partial charge in [0.25, 0.3) is 5.91 Å². The van der Waals surface area contributed by atoms with Crippen molar-refractivity contribution in [3.8, 4) is 5.69 Å². The van der Waals surface area contributed by atoms with Gasteiger partial charge in [-0.05, 0) is 92.9 Å². The quantitative estimate of drug-likeness (QED) is 0.358. The molecule has 1 fully saturated rings. The van der Waals surface area contributed by atoms with E-state index in [1.54, 1.807) is 13.4 Å². The van der Waals surface area contributed by atoms with Gasteiger partial charge in [-0.25, -0.2) is 4.98 Å². The number of fused-ring (bicyclic) bond motifs is 4. The standard InChI is InChI=1S/C30H33N5O.2ClH/c1-20-9-10-25-23(6-4-7-26(25)33-20)22-14-17-34(18-15-22)16-13-21-5-3-8-27-24(21)11-12-28-29(30(36)31-2)32-19-35(27)28;;/h3-10,19,22H,11-18H2,1-2H3,(H,31,36);2*1H. The van der Waals surface area contributed by atoms with E-state index in [2.05, 4.69) is 75.2 Å². The van der Waals surface area contributed by atoms with Crippen molar-refractivity contribution in [3.05, 3.63) is 88.6 Å². The number of nitrogens with one attached hydrogen (secondary N) is 1. The van der Waals surface area contributed by atoms with E-state index in [-0.39, 0.29) is 30.7 Å². The van der Waals surface area contributed by atoms with Gasteiger partial charge in [-0.1, -0.05) is 30.3 Å². The van der Waals surface area contributed by atoms with Gasteiger partial charge in [-0.3, -0.25) is 9.78 Å². The average Bonchev–Trinajstić information content (AvgIpc) is 3.36. The molecule has 0 radical (unpaired) electrons. The number of hydrogen-bond acceptors (Lipinski definition) is 4. The number of imidazole rings is 1.